The molecule has 0 bridgehead atoms. The van der Waals surface area contributed by atoms with Crippen molar-refractivity contribution in [1.82, 2.24) is 4.90 Å². The van der Waals surface area contributed by atoms with Gasteiger partial charge in [0, 0.05) is 26.2 Å². The van der Waals surface area contributed by atoms with E-state index in [1.807, 2.05) is 48.8 Å². The predicted molar refractivity (Wildman–Crippen MR) is 106 cm³/mol. The lowest BCUT2D eigenvalue weighted by molar-refractivity contribution is -0.139. The van der Waals surface area contributed by atoms with E-state index >= 15 is 0 Å². The van der Waals surface area contributed by atoms with Gasteiger partial charge in [0.05, 0.1) is 5.69 Å². The second-order valence-corrected chi connectivity index (χ2v) is 7.10. The molecule has 1 amide bonds. The van der Waals surface area contributed by atoms with Gasteiger partial charge in [-0.3, -0.25) is 4.79 Å². The standard InChI is InChI=1S/C22H27FN2O2/c1-4-21(27-18-14-16(2)13-17(3)15-18)22(26)25-11-9-24(10-12-25)20-8-6-5-7-19(20)23/h5-8,13-15,21H,4,9-12H2,1-3H3. The van der Waals surface area contributed by atoms with Crippen molar-refractivity contribution in [3.05, 3.63) is 59.4 Å². The van der Waals surface area contributed by atoms with Gasteiger partial charge in [-0.1, -0.05) is 25.1 Å². The van der Waals surface area contributed by atoms with Crippen molar-refractivity contribution < 1.29 is 13.9 Å². The number of carbonyl (C=O) groups is 1. The first-order chi connectivity index (χ1) is 13.0. The Labute approximate surface area is 160 Å². The zero-order valence-electron chi connectivity index (χ0n) is 16.2. The molecule has 1 fully saturated rings. The number of aryl methyl sites for hydroxylation is 2. The van der Waals surface area contributed by atoms with Crippen molar-refractivity contribution in [2.45, 2.75) is 33.3 Å². The molecule has 1 atom stereocenters. The molecule has 5 heteroatoms. The van der Waals surface area contributed by atoms with Crippen molar-refractivity contribution in [2.75, 3.05) is 31.1 Å². The lowest BCUT2D eigenvalue weighted by Crippen LogP contribution is -2.52. The van der Waals surface area contributed by atoms with E-state index in [1.165, 1.54) is 6.07 Å². The van der Waals surface area contributed by atoms with E-state index in [1.54, 1.807) is 12.1 Å². The Kier molecular flexibility index (Phi) is 5.99. The Bertz CT molecular complexity index is 780. The molecular weight excluding hydrogens is 343 g/mol. The molecule has 0 saturated carbocycles. The van der Waals surface area contributed by atoms with Crippen molar-refractivity contribution in [3.63, 3.8) is 0 Å². The van der Waals surface area contributed by atoms with E-state index in [4.69, 9.17) is 4.74 Å². The van der Waals surface area contributed by atoms with E-state index in [-0.39, 0.29) is 11.7 Å². The molecule has 1 heterocycles. The summed E-state index contributed by atoms with van der Waals surface area (Å²) in [6.07, 6.45) is 0.116. The first-order valence-electron chi connectivity index (χ1n) is 9.51. The van der Waals surface area contributed by atoms with Gasteiger partial charge in [0.2, 0.25) is 0 Å². The van der Waals surface area contributed by atoms with Gasteiger partial charge in [-0.2, -0.15) is 0 Å². The summed E-state index contributed by atoms with van der Waals surface area (Å²) >= 11 is 0. The third kappa shape index (κ3) is 4.59. The molecule has 0 radical (unpaired) electrons. The monoisotopic (exact) mass is 370 g/mol. The molecule has 2 aromatic carbocycles. The molecule has 3 rings (SSSR count). The SMILES string of the molecule is CCC(Oc1cc(C)cc(C)c1)C(=O)N1CCN(c2ccccc2F)CC1. The second-order valence-electron chi connectivity index (χ2n) is 7.10. The summed E-state index contributed by atoms with van der Waals surface area (Å²) < 4.78 is 20.0. The molecular formula is C22H27FN2O2. The highest BCUT2D eigenvalue weighted by Crippen LogP contribution is 2.22. The Morgan fingerprint density at radius 1 is 1.07 bits per heavy atom. The highest BCUT2D eigenvalue weighted by Gasteiger charge is 2.28. The van der Waals surface area contributed by atoms with E-state index in [2.05, 4.69) is 6.07 Å². The fraction of sp³-hybridized carbons (Fsp3) is 0.409. The van der Waals surface area contributed by atoms with Crippen molar-refractivity contribution in [3.8, 4) is 5.75 Å². The number of benzene rings is 2. The molecule has 4 nitrogen and oxygen atoms in total. The topological polar surface area (TPSA) is 32.8 Å². The molecule has 0 aromatic heterocycles. The highest BCUT2D eigenvalue weighted by molar-refractivity contribution is 5.81. The van der Waals surface area contributed by atoms with Crippen LogP contribution < -0.4 is 9.64 Å². The van der Waals surface area contributed by atoms with Crippen LogP contribution in [0.3, 0.4) is 0 Å². The van der Waals surface area contributed by atoms with Crippen LogP contribution in [-0.4, -0.2) is 43.1 Å². The number of halogens is 1. The van der Waals surface area contributed by atoms with Crippen LogP contribution in [0.25, 0.3) is 0 Å². The number of anilines is 1. The molecule has 1 aliphatic heterocycles. The molecule has 1 saturated heterocycles. The van der Waals surface area contributed by atoms with Crippen LogP contribution in [0.5, 0.6) is 5.75 Å². The van der Waals surface area contributed by atoms with Gasteiger partial charge in [0.25, 0.3) is 5.91 Å². The Morgan fingerprint density at radius 2 is 1.70 bits per heavy atom. The summed E-state index contributed by atoms with van der Waals surface area (Å²) in [6, 6.07) is 12.8. The van der Waals surface area contributed by atoms with Crippen LogP contribution in [0.4, 0.5) is 10.1 Å². The predicted octanol–water partition coefficient (Wildman–Crippen LogP) is 3.95. The maximum atomic E-state index is 14.0. The zero-order valence-corrected chi connectivity index (χ0v) is 16.2. The van der Waals surface area contributed by atoms with E-state index in [0.717, 1.165) is 16.9 Å². The van der Waals surface area contributed by atoms with Gasteiger partial charge in [-0.15, -0.1) is 0 Å². The minimum absolute atomic E-state index is 0.00448. The fourth-order valence-electron chi connectivity index (χ4n) is 3.55. The summed E-state index contributed by atoms with van der Waals surface area (Å²) in [5.41, 5.74) is 2.83. The van der Waals surface area contributed by atoms with Crippen LogP contribution in [0.2, 0.25) is 0 Å². The van der Waals surface area contributed by atoms with Crippen molar-refractivity contribution in [2.24, 2.45) is 0 Å². The quantitative estimate of drug-likeness (QED) is 0.799. The maximum absolute atomic E-state index is 14.0. The number of ether oxygens (including phenoxy) is 1. The Morgan fingerprint density at radius 3 is 2.30 bits per heavy atom. The lowest BCUT2D eigenvalue weighted by atomic mass is 10.1. The van der Waals surface area contributed by atoms with Crippen LogP contribution in [0.1, 0.15) is 24.5 Å². The van der Waals surface area contributed by atoms with Crippen LogP contribution in [0.15, 0.2) is 42.5 Å². The third-order valence-electron chi connectivity index (χ3n) is 4.90. The smallest absolute Gasteiger partial charge is 0.263 e. The average molecular weight is 370 g/mol. The summed E-state index contributed by atoms with van der Waals surface area (Å²) in [7, 11) is 0. The number of piperazine rings is 1. The number of rotatable bonds is 5. The molecule has 1 aliphatic rings. The molecule has 27 heavy (non-hydrogen) atoms. The lowest BCUT2D eigenvalue weighted by Gasteiger charge is -2.37. The molecule has 0 aliphatic carbocycles. The molecule has 0 spiro atoms. The number of hydrogen-bond donors (Lipinski definition) is 0. The van der Waals surface area contributed by atoms with E-state index in [0.29, 0.717) is 38.3 Å². The summed E-state index contributed by atoms with van der Waals surface area (Å²) in [6.45, 7) is 8.37. The average Bonchev–Trinajstić information content (AvgIpc) is 2.65. The minimum Gasteiger partial charge on any atom is -0.481 e. The Hall–Kier alpha value is -2.56. The molecule has 2 aromatic rings. The minimum atomic E-state index is -0.494. The Balaban J connectivity index is 1.62. The first kappa shape index (κ1) is 19.2. The summed E-state index contributed by atoms with van der Waals surface area (Å²) in [5, 5.41) is 0. The van der Waals surface area contributed by atoms with Gasteiger partial charge in [0.15, 0.2) is 6.10 Å². The van der Waals surface area contributed by atoms with Crippen LogP contribution in [-0.2, 0) is 4.79 Å². The van der Waals surface area contributed by atoms with Crippen LogP contribution in [0, 0.1) is 19.7 Å². The number of hydrogen-bond acceptors (Lipinski definition) is 3. The van der Waals surface area contributed by atoms with Gasteiger partial charge < -0.3 is 14.5 Å². The maximum Gasteiger partial charge on any atom is 0.263 e. The van der Waals surface area contributed by atoms with Crippen molar-refractivity contribution >= 4 is 11.6 Å². The van der Waals surface area contributed by atoms with E-state index in [9.17, 15) is 9.18 Å². The first-order valence-corrected chi connectivity index (χ1v) is 9.51. The number of nitrogens with zero attached hydrogens (tertiary/aromatic N) is 2. The van der Waals surface area contributed by atoms with Gasteiger partial charge in [0.1, 0.15) is 11.6 Å². The van der Waals surface area contributed by atoms with E-state index < -0.39 is 6.10 Å². The normalized spacial score (nSPS) is 15.6. The van der Waals surface area contributed by atoms with Gasteiger partial charge in [-0.05, 0) is 55.7 Å². The molecule has 0 N–H and O–H groups in total. The fourth-order valence-corrected chi connectivity index (χ4v) is 3.55. The van der Waals surface area contributed by atoms with Gasteiger partial charge >= 0.3 is 0 Å². The highest BCUT2D eigenvalue weighted by atomic mass is 19.1. The summed E-state index contributed by atoms with van der Waals surface area (Å²) in [4.78, 5) is 16.7. The number of carbonyl (C=O) groups excluding carboxylic acids is 1. The molecule has 1 unspecified atom stereocenters. The van der Waals surface area contributed by atoms with Crippen LogP contribution >= 0.6 is 0 Å². The summed E-state index contributed by atoms with van der Waals surface area (Å²) in [5.74, 6) is 0.518. The largest absolute Gasteiger partial charge is 0.481 e. The zero-order chi connectivity index (χ0) is 19.4. The number of para-hydroxylation sites is 1. The second kappa shape index (κ2) is 8.42. The molecule has 144 valence electrons. The third-order valence-corrected chi connectivity index (χ3v) is 4.90. The van der Waals surface area contributed by atoms with Crippen molar-refractivity contribution in [1.29, 1.82) is 0 Å². The van der Waals surface area contributed by atoms with Gasteiger partial charge in [-0.25, -0.2) is 4.39 Å². The number of amides is 1.